The molecule has 41 heavy (non-hydrogen) atoms. The van der Waals surface area contributed by atoms with E-state index in [9.17, 15) is 26.4 Å². The molecule has 0 spiro atoms. The molecule has 0 aromatic carbocycles. The van der Waals surface area contributed by atoms with Gasteiger partial charge in [-0.3, -0.25) is 4.55 Å². The number of fused-ring (bicyclic) bond motifs is 5. The first kappa shape index (κ1) is 32.6. The van der Waals surface area contributed by atoms with Crippen molar-refractivity contribution < 1.29 is 40.4 Å². The first-order valence-corrected chi connectivity index (χ1v) is 17.1. The molecule has 3 saturated carbocycles. The van der Waals surface area contributed by atoms with E-state index in [1.54, 1.807) is 0 Å². The molecule has 0 radical (unpaired) electrons. The maximum atomic E-state index is 13.2. The summed E-state index contributed by atoms with van der Waals surface area (Å²) < 4.78 is 79.9. The number of carbonyl (C=O) groups excluding carboxylic acids is 1. The van der Waals surface area contributed by atoms with Gasteiger partial charge >= 0.3 is 12.3 Å². The van der Waals surface area contributed by atoms with Crippen LogP contribution in [0.3, 0.4) is 0 Å². The van der Waals surface area contributed by atoms with Gasteiger partial charge in [0, 0.05) is 6.42 Å². The molecule has 9 atom stereocenters. The van der Waals surface area contributed by atoms with Gasteiger partial charge in [0.25, 0.3) is 10.1 Å². The van der Waals surface area contributed by atoms with Crippen LogP contribution in [0.5, 0.6) is 0 Å². The topological polar surface area (TPSA) is 89.9 Å². The zero-order valence-electron chi connectivity index (χ0n) is 25.2. The van der Waals surface area contributed by atoms with Crippen LogP contribution in [0.25, 0.3) is 0 Å². The van der Waals surface area contributed by atoms with Crippen LogP contribution in [0.4, 0.5) is 18.0 Å². The van der Waals surface area contributed by atoms with Gasteiger partial charge in [-0.2, -0.15) is 21.6 Å². The third kappa shape index (κ3) is 7.10. The molecule has 1 N–H and O–H groups in total. The highest BCUT2D eigenvalue weighted by Gasteiger charge is 2.59. The van der Waals surface area contributed by atoms with E-state index in [0.29, 0.717) is 36.0 Å². The molecule has 10 heteroatoms. The van der Waals surface area contributed by atoms with Gasteiger partial charge in [0.2, 0.25) is 6.10 Å². The summed E-state index contributed by atoms with van der Waals surface area (Å²) in [6.07, 6.45) is 3.64. The molecule has 0 saturated heterocycles. The molecular weight excluding hydrogens is 557 g/mol. The summed E-state index contributed by atoms with van der Waals surface area (Å²) in [5.41, 5.74) is 1.57. The molecule has 3 fully saturated rings. The third-order valence-corrected chi connectivity index (χ3v) is 12.2. The number of allylic oxidation sites excluding steroid dienone is 1. The van der Waals surface area contributed by atoms with Crippen LogP contribution in [0.1, 0.15) is 105 Å². The zero-order chi connectivity index (χ0) is 30.4. The van der Waals surface area contributed by atoms with Crippen molar-refractivity contribution in [3.05, 3.63) is 11.6 Å². The minimum atomic E-state index is -5.15. The Balaban J connectivity index is 1.39. The van der Waals surface area contributed by atoms with E-state index in [1.807, 2.05) is 0 Å². The van der Waals surface area contributed by atoms with Gasteiger partial charge in [0.05, 0.1) is 0 Å². The minimum absolute atomic E-state index is 0.0194. The lowest BCUT2D eigenvalue weighted by atomic mass is 9.47. The van der Waals surface area contributed by atoms with Crippen molar-refractivity contribution in [1.82, 2.24) is 0 Å². The van der Waals surface area contributed by atoms with E-state index in [0.717, 1.165) is 30.6 Å². The Kier molecular flexibility index (Phi) is 9.55. The molecule has 0 heterocycles. The van der Waals surface area contributed by atoms with E-state index in [-0.39, 0.29) is 5.41 Å². The van der Waals surface area contributed by atoms with E-state index < -0.39 is 40.4 Å². The summed E-state index contributed by atoms with van der Waals surface area (Å²) in [6, 6.07) is 0. The summed E-state index contributed by atoms with van der Waals surface area (Å²) >= 11 is 0. The van der Waals surface area contributed by atoms with E-state index in [4.69, 9.17) is 9.29 Å². The van der Waals surface area contributed by atoms with Crippen molar-refractivity contribution in [2.75, 3.05) is 5.75 Å². The van der Waals surface area contributed by atoms with Crippen LogP contribution in [-0.2, 0) is 19.6 Å². The zero-order valence-corrected chi connectivity index (χ0v) is 26.0. The molecule has 0 aromatic heterocycles. The van der Waals surface area contributed by atoms with Gasteiger partial charge in [-0.15, -0.1) is 0 Å². The first-order valence-electron chi connectivity index (χ1n) is 15.5. The molecule has 6 nitrogen and oxygen atoms in total. The predicted octanol–water partition coefficient (Wildman–Crippen LogP) is 8.37. The Morgan fingerprint density at radius 2 is 1.78 bits per heavy atom. The highest BCUT2D eigenvalue weighted by molar-refractivity contribution is 7.85. The van der Waals surface area contributed by atoms with Crippen LogP contribution in [0.15, 0.2) is 11.6 Å². The van der Waals surface area contributed by atoms with Crippen LogP contribution >= 0.6 is 0 Å². The summed E-state index contributed by atoms with van der Waals surface area (Å²) in [5, 5.41) is 0. The van der Waals surface area contributed by atoms with Gasteiger partial charge in [0.15, 0.2) is 0 Å². The van der Waals surface area contributed by atoms with E-state index >= 15 is 0 Å². The van der Waals surface area contributed by atoms with Gasteiger partial charge in [-0.25, -0.2) is 4.79 Å². The molecular formula is C31H49F3O6S. The second-order valence-corrected chi connectivity index (χ2v) is 15.9. The maximum absolute atomic E-state index is 13.2. The molecule has 236 valence electrons. The van der Waals surface area contributed by atoms with E-state index in [1.165, 1.54) is 50.5 Å². The number of hydrogen-bond donors (Lipinski definition) is 1. The summed E-state index contributed by atoms with van der Waals surface area (Å²) in [5.74, 6) is 2.39. The molecule has 4 aliphatic rings. The number of ether oxygens (including phenoxy) is 2. The maximum Gasteiger partial charge on any atom is 0.509 e. The van der Waals surface area contributed by atoms with Crippen molar-refractivity contribution in [3.63, 3.8) is 0 Å². The van der Waals surface area contributed by atoms with Gasteiger partial charge < -0.3 is 9.47 Å². The normalized spacial score (nSPS) is 36.9. The summed E-state index contributed by atoms with van der Waals surface area (Å²) in [6.45, 7) is 11.9. The average molecular weight is 607 g/mol. The smallest absolute Gasteiger partial charge is 0.431 e. The van der Waals surface area contributed by atoms with Gasteiger partial charge in [-0.05, 0) is 91.3 Å². The van der Waals surface area contributed by atoms with Crippen molar-refractivity contribution in [1.29, 1.82) is 0 Å². The van der Waals surface area contributed by atoms with Crippen molar-refractivity contribution in [2.45, 2.75) is 124 Å². The number of rotatable bonds is 9. The van der Waals surface area contributed by atoms with Crippen molar-refractivity contribution in [2.24, 2.45) is 46.3 Å². The highest BCUT2D eigenvalue weighted by Crippen LogP contribution is 2.67. The standard InChI is InChI=1S/C31H49F3O6S/c1-19(2)7-6-8-20(3)24-11-12-25-23-10-9-21-17-22(13-15-29(21,4)26(23)14-16-30(24,25)5)39-28(35)40-27(31(32,33)34)18-41(36,37)38/h9,19-20,22-27H,6-8,10-18H2,1-5H3,(H,36,37,38)/t20-,22?,23+,24-,25+,26+,27?,29+,30-/m1/s1. The van der Waals surface area contributed by atoms with Crippen LogP contribution in [0.2, 0.25) is 0 Å². The van der Waals surface area contributed by atoms with E-state index in [2.05, 4.69) is 45.4 Å². The Labute approximate surface area is 243 Å². The average Bonchev–Trinajstić information content (AvgIpc) is 3.19. The highest BCUT2D eigenvalue weighted by atomic mass is 32.2. The number of hydrogen-bond acceptors (Lipinski definition) is 5. The second-order valence-electron chi connectivity index (χ2n) is 14.4. The quantitative estimate of drug-likeness (QED) is 0.161. The van der Waals surface area contributed by atoms with Crippen LogP contribution in [-0.4, -0.2) is 43.3 Å². The van der Waals surface area contributed by atoms with Crippen LogP contribution in [0, 0.1) is 46.3 Å². The molecule has 4 rings (SSSR count). The van der Waals surface area contributed by atoms with Crippen molar-refractivity contribution in [3.8, 4) is 0 Å². The third-order valence-electron chi connectivity index (χ3n) is 11.5. The molecule has 4 aliphatic carbocycles. The molecule has 2 unspecified atom stereocenters. The number of alkyl halides is 3. The lowest BCUT2D eigenvalue weighted by Crippen LogP contribution is -2.51. The van der Waals surface area contributed by atoms with Gasteiger partial charge in [-0.1, -0.05) is 65.5 Å². The Hall–Kier alpha value is -1.29. The molecule has 0 bridgehead atoms. The first-order chi connectivity index (χ1) is 18.9. The predicted molar refractivity (Wildman–Crippen MR) is 151 cm³/mol. The Bertz CT molecular complexity index is 1090. The summed E-state index contributed by atoms with van der Waals surface area (Å²) in [4.78, 5) is 12.2. The lowest BCUT2D eigenvalue weighted by molar-refractivity contribution is -0.203. The number of halogens is 3. The fourth-order valence-electron chi connectivity index (χ4n) is 9.42. The lowest BCUT2D eigenvalue weighted by Gasteiger charge is -2.58. The van der Waals surface area contributed by atoms with Gasteiger partial charge in [0.1, 0.15) is 11.9 Å². The molecule has 0 aliphatic heterocycles. The monoisotopic (exact) mass is 606 g/mol. The Morgan fingerprint density at radius 3 is 2.41 bits per heavy atom. The largest absolute Gasteiger partial charge is 0.509 e. The van der Waals surface area contributed by atoms with Crippen LogP contribution < -0.4 is 0 Å². The van der Waals surface area contributed by atoms with Crippen molar-refractivity contribution >= 4 is 16.3 Å². The molecule has 0 aromatic rings. The molecule has 0 amide bonds. The fourth-order valence-corrected chi connectivity index (χ4v) is 10.1. The number of carbonyl (C=O) groups is 1. The summed E-state index contributed by atoms with van der Waals surface area (Å²) in [7, 11) is -5.01. The second kappa shape index (κ2) is 12.0. The minimum Gasteiger partial charge on any atom is -0.431 e. The fraction of sp³-hybridized carbons (Fsp3) is 0.903. The SMILES string of the molecule is CC(C)CCC[C@@H](C)[C@H]1CC[C@H]2[C@@H]3CC=C4CC(OC(=O)OC(CS(=O)(=O)O)C(F)(F)F)CC[C@]4(C)[C@H]3CC[C@]12C. The Morgan fingerprint density at radius 1 is 1.07 bits per heavy atom.